The van der Waals surface area contributed by atoms with E-state index in [9.17, 15) is 9.90 Å². The summed E-state index contributed by atoms with van der Waals surface area (Å²) < 4.78 is 0. The third-order valence-electron chi connectivity index (χ3n) is 3.40. The van der Waals surface area contributed by atoms with Crippen molar-refractivity contribution in [1.29, 1.82) is 0 Å². The van der Waals surface area contributed by atoms with Crippen LogP contribution in [0.4, 0.5) is 0 Å². The fraction of sp³-hybridized carbons (Fsp3) is 0.467. The molecule has 0 saturated heterocycles. The Bertz CT molecular complexity index is 484. The molecule has 0 fully saturated rings. The zero-order valence-corrected chi connectivity index (χ0v) is 11.5. The number of carbonyl (C=O) groups is 1. The van der Waals surface area contributed by atoms with E-state index < -0.39 is 5.72 Å². The average molecular weight is 260 g/mol. The molecule has 1 unspecified atom stereocenters. The minimum atomic E-state index is -1.32. The van der Waals surface area contributed by atoms with Gasteiger partial charge in [0, 0.05) is 24.6 Å². The van der Waals surface area contributed by atoms with E-state index in [0.29, 0.717) is 12.0 Å². The Morgan fingerprint density at radius 2 is 2.11 bits per heavy atom. The largest absolute Gasteiger partial charge is 0.365 e. The van der Waals surface area contributed by atoms with Crippen molar-refractivity contribution in [2.24, 2.45) is 5.10 Å². The van der Waals surface area contributed by atoms with Crippen molar-refractivity contribution in [3.8, 4) is 0 Å². The summed E-state index contributed by atoms with van der Waals surface area (Å²) in [4.78, 5) is 11.7. The highest BCUT2D eigenvalue weighted by atomic mass is 16.3. The minimum Gasteiger partial charge on any atom is -0.365 e. The number of nitrogens with zero attached hydrogens (tertiary/aromatic N) is 2. The van der Waals surface area contributed by atoms with E-state index in [1.54, 1.807) is 0 Å². The Hall–Kier alpha value is -1.68. The lowest BCUT2D eigenvalue weighted by molar-refractivity contribution is -0.155. The van der Waals surface area contributed by atoms with Gasteiger partial charge in [0.2, 0.25) is 5.91 Å². The topological polar surface area (TPSA) is 52.9 Å². The molecule has 1 heterocycles. The van der Waals surface area contributed by atoms with Gasteiger partial charge in [-0.2, -0.15) is 10.1 Å². The van der Waals surface area contributed by atoms with Gasteiger partial charge < -0.3 is 5.11 Å². The lowest BCUT2D eigenvalue weighted by Gasteiger charge is -2.30. The maximum atomic E-state index is 11.7. The van der Waals surface area contributed by atoms with Crippen LogP contribution in [0.1, 0.15) is 45.1 Å². The Kier molecular flexibility index (Phi) is 4.00. The highest BCUT2D eigenvalue weighted by molar-refractivity contribution is 5.90. The molecular formula is C15H20N2O2. The molecule has 0 spiro atoms. The third-order valence-corrected chi connectivity index (χ3v) is 3.40. The molecule has 2 rings (SSSR count). The zero-order valence-electron chi connectivity index (χ0n) is 11.5. The second kappa shape index (κ2) is 5.53. The molecule has 19 heavy (non-hydrogen) atoms. The Morgan fingerprint density at radius 3 is 2.68 bits per heavy atom. The number of hydrogen-bond donors (Lipinski definition) is 1. The lowest BCUT2D eigenvalue weighted by Crippen LogP contribution is -2.42. The predicted molar refractivity (Wildman–Crippen MR) is 74.4 cm³/mol. The van der Waals surface area contributed by atoms with Crippen LogP contribution >= 0.6 is 0 Å². The van der Waals surface area contributed by atoms with Gasteiger partial charge in [0.1, 0.15) is 0 Å². The van der Waals surface area contributed by atoms with E-state index >= 15 is 0 Å². The minimum absolute atomic E-state index is 0.238. The molecule has 4 nitrogen and oxygen atoms in total. The second-order valence-corrected chi connectivity index (χ2v) is 4.96. The number of aliphatic hydroxyl groups is 1. The second-order valence-electron chi connectivity index (χ2n) is 4.96. The molecule has 1 aliphatic heterocycles. The van der Waals surface area contributed by atoms with E-state index in [-0.39, 0.29) is 5.91 Å². The monoisotopic (exact) mass is 260 g/mol. The van der Waals surface area contributed by atoms with Crippen LogP contribution in [0.3, 0.4) is 0 Å². The number of rotatable bonds is 4. The molecule has 1 aromatic rings. The summed E-state index contributed by atoms with van der Waals surface area (Å²) in [5, 5.41) is 16.4. The molecule has 1 aromatic carbocycles. The summed E-state index contributed by atoms with van der Waals surface area (Å²) in [6, 6.07) is 9.26. The Balaban J connectivity index is 2.28. The molecule has 1 aliphatic rings. The quantitative estimate of drug-likeness (QED) is 0.904. The van der Waals surface area contributed by atoms with Gasteiger partial charge in [-0.25, -0.2) is 0 Å². The Morgan fingerprint density at radius 1 is 1.42 bits per heavy atom. The van der Waals surface area contributed by atoms with Crippen molar-refractivity contribution in [3.05, 3.63) is 35.9 Å². The van der Waals surface area contributed by atoms with Crippen LogP contribution in [-0.2, 0) is 10.5 Å². The van der Waals surface area contributed by atoms with Crippen molar-refractivity contribution in [1.82, 2.24) is 5.01 Å². The third kappa shape index (κ3) is 2.68. The first kappa shape index (κ1) is 13.7. The van der Waals surface area contributed by atoms with Gasteiger partial charge in [0.25, 0.3) is 0 Å². The molecule has 102 valence electrons. The van der Waals surface area contributed by atoms with E-state index in [2.05, 4.69) is 12.0 Å². The molecule has 1 amide bonds. The van der Waals surface area contributed by atoms with Crippen LogP contribution in [0, 0.1) is 0 Å². The van der Waals surface area contributed by atoms with Crippen LogP contribution < -0.4 is 0 Å². The number of hydrogen-bond acceptors (Lipinski definition) is 3. The van der Waals surface area contributed by atoms with Crippen LogP contribution in [0.25, 0.3) is 0 Å². The van der Waals surface area contributed by atoms with Gasteiger partial charge in [-0.15, -0.1) is 0 Å². The molecule has 0 saturated carbocycles. The lowest BCUT2D eigenvalue weighted by atomic mass is 9.95. The molecule has 1 atom stereocenters. The smallest absolute Gasteiger partial charge is 0.242 e. The van der Waals surface area contributed by atoms with E-state index in [1.807, 2.05) is 30.3 Å². The van der Waals surface area contributed by atoms with Gasteiger partial charge in [-0.1, -0.05) is 43.7 Å². The number of benzene rings is 1. The predicted octanol–water partition coefficient (Wildman–Crippen LogP) is 2.63. The number of carbonyl (C=O) groups excluding carboxylic acids is 1. The summed E-state index contributed by atoms with van der Waals surface area (Å²) in [6.45, 7) is 3.54. The number of amides is 1. The SMILES string of the molecule is CCCCC1=NN(C(C)=O)C(O)(c2ccccc2)C1. The van der Waals surface area contributed by atoms with Gasteiger partial charge >= 0.3 is 0 Å². The summed E-state index contributed by atoms with van der Waals surface area (Å²) >= 11 is 0. The maximum Gasteiger partial charge on any atom is 0.242 e. The van der Waals surface area contributed by atoms with Crippen molar-refractivity contribution < 1.29 is 9.90 Å². The fourth-order valence-electron chi connectivity index (χ4n) is 2.40. The summed E-state index contributed by atoms with van der Waals surface area (Å²) in [5.74, 6) is -0.238. The normalized spacial score (nSPS) is 22.5. The van der Waals surface area contributed by atoms with Crippen molar-refractivity contribution in [2.45, 2.75) is 45.3 Å². The van der Waals surface area contributed by atoms with Crippen molar-refractivity contribution in [3.63, 3.8) is 0 Å². The first-order chi connectivity index (χ1) is 9.08. The van der Waals surface area contributed by atoms with Gasteiger partial charge in [0.05, 0.1) is 0 Å². The summed E-state index contributed by atoms with van der Waals surface area (Å²) in [6.07, 6.45) is 3.32. The van der Waals surface area contributed by atoms with Crippen molar-refractivity contribution in [2.75, 3.05) is 0 Å². The van der Waals surface area contributed by atoms with E-state index in [4.69, 9.17) is 0 Å². The molecule has 4 heteroatoms. The first-order valence-electron chi connectivity index (χ1n) is 6.73. The summed E-state index contributed by atoms with van der Waals surface area (Å²) in [5.41, 5.74) is 0.278. The molecule has 0 radical (unpaired) electrons. The number of hydrazone groups is 1. The van der Waals surface area contributed by atoms with Crippen LogP contribution in [0.15, 0.2) is 35.4 Å². The molecule has 0 aliphatic carbocycles. The zero-order chi connectivity index (χ0) is 13.9. The highest BCUT2D eigenvalue weighted by Crippen LogP contribution is 2.36. The molecule has 1 N–H and O–H groups in total. The molecular weight excluding hydrogens is 240 g/mol. The average Bonchev–Trinajstić information content (AvgIpc) is 2.76. The standard InChI is InChI=1S/C15H20N2O2/c1-3-4-10-14-11-15(19,17(16-14)12(2)18)13-8-6-5-7-9-13/h5-9,19H,3-4,10-11H2,1-2H3. The highest BCUT2D eigenvalue weighted by Gasteiger charge is 2.44. The maximum absolute atomic E-state index is 11.7. The number of unbranched alkanes of at least 4 members (excludes halogenated alkanes) is 1. The Labute approximate surface area is 113 Å². The van der Waals surface area contributed by atoms with Gasteiger partial charge in [-0.3, -0.25) is 4.79 Å². The van der Waals surface area contributed by atoms with Crippen LogP contribution in [-0.4, -0.2) is 21.7 Å². The summed E-state index contributed by atoms with van der Waals surface area (Å²) in [7, 11) is 0. The molecule has 0 bridgehead atoms. The van der Waals surface area contributed by atoms with E-state index in [0.717, 1.165) is 25.0 Å². The molecule has 0 aromatic heterocycles. The van der Waals surface area contributed by atoms with Gasteiger partial charge in [0.15, 0.2) is 5.72 Å². The first-order valence-corrected chi connectivity index (χ1v) is 6.73. The van der Waals surface area contributed by atoms with Crippen LogP contribution in [0.2, 0.25) is 0 Å². The van der Waals surface area contributed by atoms with Crippen molar-refractivity contribution >= 4 is 11.6 Å². The van der Waals surface area contributed by atoms with E-state index in [1.165, 1.54) is 11.9 Å². The van der Waals surface area contributed by atoms with Gasteiger partial charge in [-0.05, 0) is 12.8 Å². The fourth-order valence-corrected chi connectivity index (χ4v) is 2.40. The van der Waals surface area contributed by atoms with Crippen LogP contribution in [0.5, 0.6) is 0 Å².